The monoisotopic (exact) mass is 502 g/mol. The molecule has 2 aromatic heterocycles. The number of alkyl halides is 3. The summed E-state index contributed by atoms with van der Waals surface area (Å²) in [4.78, 5) is 42.7. The maximum atomic E-state index is 13.3. The van der Waals surface area contributed by atoms with Crippen LogP contribution < -0.4 is 15.8 Å². The highest BCUT2D eigenvalue weighted by Gasteiger charge is 2.42. The van der Waals surface area contributed by atoms with Crippen molar-refractivity contribution in [2.75, 3.05) is 31.1 Å². The van der Waals surface area contributed by atoms with Gasteiger partial charge in [0.05, 0.1) is 24.8 Å². The summed E-state index contributed by atoms with van der Waals surface area (Å²) >= 11 is 0. The lowest BCUT2D eigenvalue weighted by atomic mass is 10.1. The molecule has 10 nitrogen and oxygen atoms in total. The highest BCUT2D eigenvalue weighted by molar-refractivity contribution is 5.98. The Hall–Kier alpha value is -4.18. The first-order chi connectivity index (χ1) is 17.2. The third kappa shape index (κ3) is 5.23. The van der Waals surface area contributed by atoms with Gasteiger partial charge in [-0.1, -0.05) is 18.1 Å². The van der Waals surface area contributed by atoms with Gasteiger partial charge in [-0.25, -0.2) is 19.3 Å². The molecule has 0 aliphatic carbocycles. The van der Waals surface area contributed by atoms with E-state index >= 15 is 0 Å². The second kappa shape index (κ2) is 10.2. The third-order valence-electron chi connectivity index (χ3n) is 5.48. The van der Waals surface area contributed by atoms with Gasteiger partial charge in [-0.05, 0) is 24.6 Å². The molecule has 0 spiro atoms. The molecule has 0 atom stereocenters. The molecule has 188 valence electrons. The van der Waals surface area contributed by atoms with E-state index in [4.69, 9.17) is 0 Å². The number of halogens is 3. The quantitative estimate of drug-likeness (QED) is 0.316. The first kappa shape index (κ1) is 24.9. The number of rotatable bonds is 5. The molecule has 4 rings (SSSR count). The normalized spacial score (nSPS) is 13.8. The van der Waals surface area contributed by atoms with Crippen LogP contribution >= 0.6 is 0 Å². The van der Waals surface area contributed by atoms with Crippen LogP contribution in [0.1, 0.15) is 22.8 Å². The number of hydrogen-bond acceptors (Lipinski definition) is 8. The van der Waals surface area contributed by atoms with Crippen molar-refractivity contribution < 1.29 is 27.5 Å². The minimum absolute atomic E-state index is 0.0270. The van der Waals surface area contributed by atoms with Gasteiger partial charge in [0.25, 0.3) is 5.56 Å². The van der Waals surface area contributed by atoms with E-state index in [1.54, 1.807) is 11.5 Å². The van der Waals surface area contributed by atoms with Crippen LogP contribution in [-0.2, 0) is 22.6 Å². The lowest BCUT2D eigenvalue weighted by molar-refractivity contribution is -0.193. The Labute approximate surface area is 202 Å². The summed E-state index contributed by atoms with van der Waals surface area (Å²) in [6.45, 7) is 5.06. The summed E-state index contributed by atoms with van der Waals surface area (Å²) in [5, 5.41) is 7.48. The number of piperazine rings is 1. The molecular formula is C23H21F3N6O4. The van der Waals surface area contributed by atoms with Crippen molar-refractivity contribution in [3.63, 3.8) is 0 Å². The number of nitrogens with zero attached hydrogens (tertiary/aromatic N) is 5. The van der Waals surface area contributed by atoms with E-state index < -0.39 is 23.7 Å². The van der Waals surface area contributed by atoms with Gasteiger partial charge in [0.2, 0.25) is 5.95 Å². The molecule has 0 unspecified atom stereocenters. The number of carbonyl (C=O) groups excluding carboxylic acids is 2. The predicted octanol–water partition coefficient (Wildman–Crippen LogP) is 1.32. The number of imidazole rings is 1. The lowest BCUT2D eigenvalue weighted by Crippen LogP contribution is -2.44. The van der Waals surface area contributed by atoms with Crippen LogP contribution in [0.2, 0.25) is 0 Å². The van der Waals surface area contributed by atoms with Crippen LogP contribution in [0, 0.1) is 11.8 Å². The molecule has 0 amide bonds. The standard InChI is InChI=1S/C23H21F3N6O4/c1-2-3-10-31-18-17(29-22(31)30-11-8-27-9-12-30)13-28-32(19(18)33)14-15-4-6-16(7-5-15)20(34)36-21(35)23(24,25)26/h4-7,13,27H,8-12,14H2,1H3. The molecule has 1 aliphatic rings. The Bertz CT molecular complexity index is 1410. The van der Waals surface area contributed by atoms with Gasteiger partial charge in [0.15, 0.2) is 0 Å². The number of nitrogens with one attached hydrogen (secondary N) is 1. The summed E-state index contributed by atoms with van der Waals surface area (Å²) in [5.41, 5.74) is 0.703. The minimum atomic E-state index is -5.28. The smallest absolute Gasteiger partial charge is 0.383 e. The zero-order valence-electron chi connectivity index (χ0n) is 19.1. The lowest BCUT2D eigenvalue weighted by Gasteiger charge is -2.28. The van der Waals surface area contributed by atoms with E-state index in [1.807, 2.05) is 0 Å². The van der Waals surface area contributed by atoms with E-state index in [0.717, 1.165) is 26.2 Å². The molecule has 1 saturated heterocycles. The molecule has 1 aromatic carbocycles. The van der Waals surface area contributed by atoms with Gasteiger partial charge in [0, 0.05) is 26.2 Å². The topological polar surface area (TPSA) is 111 Å². The number of benzene rings is 1. The second-order valence-corrected chi connectivity index (χ2v) is 7.87. The summed E-state index contributed by atoms with van der Waals surface area (Å²) in [5.74, 6) is 2.44. The van der Waals surface area contributed by atoms with Crippen LogP contribution in [-0.4, -0.2) is 63.6 Å². The number of ether oxygens (including phenoxy) is 1. The Morgan fingerprint density at radius 3 is 2.50 bits per heavy atom. The summed E-state index contributed by atoms with van der Waals surface area (Å²) in [6.07, 6.45) is -3.78. The average molecular weight is 502 g/mol. The molecule has 1 aliphatic heterocycles. The third-order valence-corrected chi connectivity index (χ3v) is 5.48. The van der Waals surface area contributed by atoms with Gasteiger partial charge in [-0.3, -0.25) is 9.36 Å². The molecule has 0 saturated carbocycles. The van der Waals surface area contributed by atoms with Gasteiger partial charge < -0.3 is 15.0 Å². The van der Waals surface area contributed by atoms with Crippen molar-refractivity contribution in [3.05, 3.63) is 51.9 Å². The van der Waals surface area contributed by atoms with E-state index in [0.29, 0.717) is 22.5 Å². The summed E-state index contributed by atoms with van der Waals surface area (Å²) in [7, 11) is 0. The maximum absolute atomic E-state index is 13.3. The zero-order valence-corrected chi connectivity index (χ0v) is 19.1. The van der Waals surface area contributed by atoms with Gasteiger partial charge >= 0.3 is 18.1 Å². The number of carbonyl (C=O) groups is 2. The van der Waals surface area contributed by atoms with Gasteiger partial charge in [0.1, 0.15) is 11.0 Å². The Morgan fingerprint density at radius 2 is 1.86 bits per heavy atom. The molecule has 1 fully saturated rings. The van der Waals surface area contributed by atoms with Gasteiger partial charge in [-0.15, -0.1) is 5.92 Å². The molecule has 0 radical (unpaired) electrons. The number of hydrogen-bond donors (Lipinski definition) is 1. The highest BCUT2D eigenvalue weighted by Crippen LogP contribution is 2.21. The summed E-state index contributed by atoms with van der Waals surface area (Å²) in [6, 6.07) is 5.26. The number of aromatic nitrogens is 4. The fraction of sp³-hybridized carbons (Fsp3) is 0.348. The number of anilines is 1. The van der Waals surface area contributed by atoms with Gasteiger partial charge in [-0.2, -0.15) is 18.3 Å². The Kier molecular flexibility index (Phi) is 7.07. The fourth-order valence-electron chi connectivity index (χ4n) is 3.72. The SMILES string of the molecule is CC#CCn1c(N2CCNCC2)nc2cnn(Cc3ccc(C(=O)OC(=O)C(F)(F)F)cc3)c(=O)c21. The number of esters is 2. The Morgan fingerprint density at radius 1 is 1.17 bits per heavy atom. The molecule has 1 N–H and O–H groups in total. The highest BCUT2D eigenvalue weighted by atomic mass is 19.4. The van der Waals surface area contributed by atoms with Crippen molar-refractivity contribution in [1.82, 2.24) is 24.6 Å². The van der Waals surface area contributed by atoms with E-state index in [9.17, 15) is 27.6 Å². The average Bonchev–Trinajstić information content (AvgIpc) is 3.24. The largest absolute Gasteiger partial charge is 0.491 e. The molecule has 36 heavy (non-hydrogen) atoms. The molecular weight excluding hydrogens is 481 g/mol. The fourth-order valence-corrected chi connectivity index (χ4v) is 3.72. The molecule has 3 aromatic rings. The predicted molar refractivity (Wildman–Crippen MR) is 122 cm³/mol. The van der Waals surface area contributed by atoms with Crippen LogP contribution in [0.25, 0.3) is 11.0 Å². The molecule has 3 heterocycles. The van der Waals surface area contributed by atoms with Crippen LogP contribution in [0.4, 0.5) is 19.1 Å². The molecule has 0 bridgehead atoms. The van der Waals surface area contributed by atoms with E-state index in [1.165, 1.54) is 35.1 Å². The zero-order chi connectivity index (χ0) is 25.9. The van der Waals surface area contributed by atoms with Crippen molar-refractivity contribution in [1.29, 1.82) is 0 Å². The van der Waals surface area contributed by atoms with Crippen LogP contribution in [0.15, 0.2) is 35.3 Å². The van der Waals surface area contributed by atoms with Crippen LogP contribution in [0.5, 0.6) is 0 Å². The van der Waals surface area contributed by atoms with Crippen molar-refractivity contribution >= 4 is 28.9 Å². The first-order valence-corrected chi connectivity index (χ1v) is 10.9. The van der Waals surface area contributed by atoms with E-state index in [-0.39, 0.29) is 18.7 Å². The van der Waals surface area contributed by atoms with Crippen LogP contribution in [0.3, 0.4) is 0 Å². The minimum Gasteiger partial charge on any atom is -0.383 e. The Balaban J connectivity index is 1.60. The maximum Gasteiger partial charge on any atom is 0.491 e. The first-order valence-electron chi connectivity index (χ1n) is 10.9. The summed E-state index contributed by atoms with van der Waals surface area (Å²) < 4.78 is 43.7. The van der Waals surface area contributed by atoms with Crippen molar-refractivity contribution in [2.24, 2.45) is 0 Å². The molecule has 13 heteroatoms. The second-order valence-electron chi connectivity index (χ2n) is 7.87. The van der Waals surface area contributed by atoms with Crippen molar-refractivity contribution in [3.8, 4) is 11.8 Å². The van der Waals surface area contributed by atoms with E-state index in [2.05, 4.69) is 36.9 Å². The van der Waals surface area contributed by atoms with Crippen molar-refractivity contribution in [2.45, 2.75) is 26.2 Å². The number of fused-ring (bicyclic) bond motifs is 1.